The molecule has 2 aromatic rings. The molecule has 32 heavy (non-hydrogen) atoms. The van der Waals surface area contributed by atoms with Gasteiger partial charge in [-0.05, 0) is 56.9 Å². The van der Waals surface area contributed by atoms with Gasteiger partial charge in [0.15, 0.2) is 5.82 Å². The van der Waals surface area contributed by atoms with Gasteiger partial charge in [0, 0.05) is 49.5 Å². The van der Waals surface area contributed by atoms with Crippen molar-refractivity contribution in [2.45, 2.75) is 45.8 Å². The Morgan fingerprint density at radius 2 is 2.00 bits per heavy atom. The number of ether oxygens (including phenoxy) is 1. The molecular weight excluding hydrogens is 404 g/mol. The van der Waals surface area contributed by atoms with Crippen LogP contribution in [0.1, 0.15) is 37.9 Å². The predicted octanol–water partition coefficient (Wildman–Crippen LogP) is 3.24. The maximum atomic E-state index is 11.8. The van der Waals surface area contributed by atoms with Crippen LogP contribution in [0.15, 0.2) is 24.3 Å². The van der Waals surface area contributed by atoms with E-state index in [1.54, 1.807) is 0 Å². The number of rotatable bonds is 6. The Morgan fingerprint density at radius 3 is 2.72 bits per heavy atom. The molecule has 2 fully saturated rings. The van der Waals surface area contributed by atoms with Crippen LogP contribution in [-0.2, 0) is 17.8 Å². The van der Waals surface area contributed by atoms with E-state index in [4.69, 9.17) is 14.7 Å². The van der Waals surface area contributed by atoms with Crippen molar-refractivity contribution in [1.82, 2.24) is 20.2 Å². The van der Waals surface area contributed by atoms with Crippen molar-refractivity contribution in [3.63, 3.8) is 0 Å². The molecule has 1 saturated carbocycles. The quantitative estimate of drug-likeness (QED) is 0.724. The largest absolute Gasteiger partial charge is 0.377 e. The molecule has 1 aromatic heterocycles. The summed E-state index contributed by atoms with van der Waals surface area (Å²) in [5, 5.41) is 5.59. The van der Waals surface area contributed by atoms with Gasteiger partial charge >= 0.3 is 6.03 Å². The molecule has 8 heteroatoms. The van der Waals surface area contributed by atoms with Crippen molar-refractivity contribution in [3.05, 3.63) is 35.5 Å². The molecular formula is C24H32N6O2. The molecule has 0 radical (unpaired) electrons. The lowest BCUT2D eigenvalue weighted by atomic mass is 10.1. The SMILES string of the molecule is CCNC(=O)Nc1ccc(-c2nc3c(c(N4CCOC[C@@H]4C)n2)CN(CC2CC2)C3)cc1. The van der Waals surface area contributed by atoms with Crippen LogP contribution in [-0.4, -0.2) is 59.8 Å². The number of amides is 2. The summed E-state index contributed by atoms with van der Waals surface area (Å²) in [6.07, 6.45) is 2.71. The van der Waals surface area contributed by atoms with E-state index in [1.165, 1.54) is 18.4 Å². The van der Waals surface area contributed by atoms with E-state index in [1.807, 2.05) is 31.2 Å². The second kappa shape index (κ2) is 9.03. The van der Waals surface area contributed by atoms with E-state index in [9.17, 15) is 4.79 Å². The number of aromatic nitrogens is 2. The summed E-state index contributed by atoms with van der Waals surface area (Å²) in [6, 6.07) is 7.85. The number of anilines is 2. The number of nitrogens with zero attached hydrogens (tertiary/aromatic N) is 4. The van der Waals surface area contributed by atoms with E-state index >= 15 is 0 Å². The van der Waals surface area contributed by atoms with E-state index in [0.29, 0.717) is 6.54 Å². The van der Waals surface area contributed by atoms with Gasteiger partial charge < -0.3 is 20.3 Å². The third-order valence-corrected chi connectivity index (χ3v) is 6.42. The minimum atomic E-state index is -0.201. The molecule has 1 aliphatic carbocycles. The van der Waals surface area contributed by atoms with Crippen molar-refractivity contribution in [3.8, 4) is 11.4 Å². The molecule has 2 amide bonds. The summed E-state index contributed by atoms with van der Waals surface area (Å²) in [6.45, 7) is 9.97. The van der Waals surface area contributed by atoms with Gasteiger partial charge in [0.05, 0.1) is 24.9 Å². The van der Waals surface area contributed by atoms with E-state index in [-0.39, 0.29) is 12.1 Å². The lowest BCUT2D eigenvalue weighted by Crippen LogP contribution is -2.44. The number of nitrogens with one attached hydrogen (secondary N) is 2. The first kappa shape index (κ1) is 21.2. The third kappa shape index (κ3) is 4.56. The molecule has 1 aromatic carbocycles. The summed E-state index contributed by atoms with van der Waals surface area (Å²) in [5.74, 6) is 2.66. The van der Waals surface area contributed by atoms with Gasteiger partial charge in [-0.3, -0.25) is 4.90 Å². The van der Waals surface area contributed by atoms with Gasteiger partial charge in [-0.25, -0.2) is 14.8 Å². The summed E-state index contributed by atoms with van der Waals surface area (Å²) >= 11 is 0. The molecule has 1 saturated heterocycles. The van der Waals surface area contributed by atoms with Crippen LogP contribution in [0.5, 0.6) is 0 Å². The normalized spacial score (nSPS) is 20.8. The molecule has 3 aliphatic rings. The maximum Gasteiger partial charge on any atom is 0.319 e. The first-order valence-corrected chi connectivity index (χ1v) is 11.7. The number of carbonyl (C=O) groups excluding carboxylic acids is 1. The zero-order valence-corrected chi connectivity index (χ0v) is 18.9. The summed E-state index contributed by atoms with van der Waals surface area (Å²) < 4.78 is 5.68. The summed E-state index contributed by atoms with van der Waals surface area (Å²) in [4.78, 5) is 26.8. The Hall–Kier alpha value is -2.71. The topological polar surface area (TPSA) is 82.6 Å². The van der Waals surface area contributed by atoms with Crippen LogP contribution in [0.4, 0.5) is 16.3 Å². The number of fused-ring (bicyclic) bond motifs is 1. The number of urea groups is 1. The fourth-order valence-electron chi connectivity index (χ4n) is 4.54. The highest BCUT2D eigenvalue weighted by Crippen LogP contribution is 2.36. The van der Waals surface area contributed by atoms with Crippen molar-refractivity contribution in [2.75, 3.05) is 43.1 Å². The highest BCUT2D eigenvalue weighted by molar-refractivity contribution is 5.89. The van der Waals surface area contributed by atoms with Gasteiger partial charge in [-0.2, -0.15) is 0 Å². The van der Waals surface area contributed by atoms with Crippen LogP contribution in [0.25, 0.3) is 11.4 Å². The molecule has 0 spiro atoms. The molecule has 8 nitrogen and oxygen atoms in total. The van der Waals surface area contributed by atoms with Gasteiger partial charge in [0.1, 0.15) is 5.82 Å². The zero-order valence-electron chi connectivity index (χ0n) is 18.9. The Bertz CT molecular complexity index is 975. The minimum Gasteiger partial charge on any atom is -0.377 e. The second-order valence-electron chi connectivity index (χ2n) is 9.09. The first-order valence-electron chi connectivity index (χ1n) is 11.7. The van der Waals surface area contributed by atoms with Gasteiger partial charge in [-0.1, -0.05) is 0 Å². The average Bonchev–Trinajstić information content (AvgIpc) is 3.50. The van der Waals surface area contributed by atoms with Gasteiger partial charge in [-0.15, -0.1) is 0 Å². The molecule has 1 atom stereocenters. The Morgan fingerprint density at radius 1 is 1.19 bits per heavy atom. The fraction of sp³-hybridized carbons (Fsp3) is 0.542. The minimum absolute atomic E-state index is 0.201. The molecule has 0 unspecified atom stereocenters. The van der Waals surface area contributed by atoms with Crippen LogP contribution in [0.3, 0.4) is 0 Å². The van der Waals surface area contributed by atoms with Crippen molar-refractivity contribution < 1.29 is 9.53 Å². The van der Waals surface area contributed by atoms with Crippen LogP contribution < -0.4 is 15.5 Å². The van der Waals surface area contributed by atoms with E-state index in [0.717, 1.165) is 73.9 Å². The van der Waals surface area contributed by atoms with Crippen molar-refractivity contribution in [2.24, 2.45) is 5.92 Å². The molecule has 170 valence electrons. The molecule has 2 N–H and O–H groups in total. The van der Waals surface area contributed by atoms with Crippen molar-refractivity contribution >= 4 is 17.5 Å². The van der Waals surface area contributed by atoms with Crippen LogP contribution in [0, 0.1) is 5.92 Å². The summed E-state index contributed by atoms with van der Waals surface area (Å²) in [7, 11) is 0. The molecule has 0 bridgehead atoms. The number of hydrogen-bond donors (Lipinski definition) is 2. The Labute approximate surface area is 189 Å². The number of hydrogen-bond acceptors (Lipinski definition) is 6. The smallest absolute Gasteiger partial charge is 0.319 e. The summed E-state index contributed by atoms with van der Waals surface area (Å²) in [5.41, 5.74) is 4.13. The zero-order chi connectivity index (χ0) is 22.1. The van der Waals surface area contributed by atoms with Gasteiger partial charge in [0.2, 0.25) is 0 Å². The van der Waals surface area contributed by atoms with Crippen molar-refractivity contribution in [1.29, 1.82) is 0 Å². The van der Waals surface area contributed by atoms with E-state index < -0.39 is 0 Å². The van der Waals surface area contributed by atoms with Crippen LogP contribution >= 0.6 is 0 Å². The van der Waals surface area contributed by atoms with E-state index in [2.05, 4.69) is 27.4 Å². The highest BCUT2D eigenvalue weighted by Gasteiger charge is 2.33. The Balaban J connectivity index is 1.44. The maximum absolute atomic E-state index is 11.8. The fourth-order valence-corrected chi connectivity index (χ4v) is 4.54. The lowest BCUT2D eigenvalue weighted by molar-refractivity contribution is 0.0984. The lowest BCUT2D eigenvalue weighted by Gasteiger charge is -2.35. The number of benzene rings is 1. The standard InChI is InChI=1S/C24H32N6O2/c1-3-25-24(31)26-19-8-6-18(7-9-19)22-27-21-14-29(12-17-4-5-17)13-20(21)23(28-22)30-10-11-32-15-16(30)2/h6-9,16-17H,3-5,10-15H2,1-2H3,(H2,25,26,31)/t16-/m0/s1. The molecule has 2 aliphatic heterocycles. The molecule has 3 heterocycles. The number of carbonyl (C=O) groups is 1. The average molecular weight is 437 g/mol. The molecule has 5 rings (SSSR count). The monoisotopic (exact) mass is 436 g/mol. The second-order valence-corrected chi connectivity index (χ2v) is 9.09. The Kier molecular flexibility index (Phi) is 5.97. The predicted molar refractivity (Wildman–Crippen MR) is 125 cm³/mol. The number of morpholine rings is 1. The van der Waals surface area contributed by atoms with Gasteiger partial charge in [0.25, 0.3) is 0 Å². The first-order chi connectivity index (χ1) is 15.6. The third-order valence-electron chi connectivity index (χ3n) is 6.42. The van der Waals surface area contributed by atoms with Crippen LogP contribution in [0.2, 0.25) is 0 Å². The highest BCUT2D eigenvalue weighted by atomic mass is 16.5.